The fourth-order valence-corrected chi connectivity index (χ4v) is 1.73. The summed E-state index contributed by atoms with van der Waals surface area (Å²) in [7, 11) is 0. The summed E-state index contributed by atoms with van der Waals surface area (Å²) in [5.41, 5.74) is 0. The molecule has 0 radical (unpaired) electrons. The van der Waals surface area contributed by atoms with Crippen LogP contribution in [0.15, 0.2) is 0 Å². The van der Waals surface area contributed by atoms with Crippen molar-refractivity contribution in [1.82, 2.24) is 5.32 Å². The van der Waals surface area contributed by atoms with Gasteiger partial charge in [0.05, 0.1) is 6.04 Å². The minimum atomic E-state index is -1.64. The molecule has 2 bridgehead atoms. The van der Waals surface area contributed by atoms with Crippen LogP contribution in [0.25, 0.3) is 0 Å². The molecular weight excluding hydrogens is 134 g/mol. The van der Waals surface area contributed by atoms with Crippen LogP contribution in [-0.2, 0) is 4.79 Å². The van der Waals surface area contributed by atoms with Gasteiger partial charge in [0.1, 0.15) is 0 Å². The first-order valence-electron chi connectivity index (χ1n) is 3.35. The maximum absolute atomic E-state index is 10.8. The second-order valence-corrected chi connectivity index (χ2v) is 3.08. The average molecular weight is 143 g/mol. The lowest BCUT2D eigenvalue weighted by Crippen LogP contribution is -2.50. The van der Waals surface area contributed by atoms with Crippen LogP contribution in [0, 0.1) is 5.92 Å². The summed E-state index contributed by atoms with van der Waals surface area (Å²) in [6.45, 7) is 0. The summed E-state index contributed by atoms with van der Waals surface area (Å²) in [6, 6.07) is -0.426. The molecule has 1 aliphatic carbocycles. The predicted octanol–water partition coefficient (Wildman–Crippen LogP) is -1.42. The molecule has 1 saturated heterocycles. The zero-order valence-corrected chi connectivity index (χ0v) is 5.37. The van der Waals surface area contributed by atoms with Crippen molar-refractivity contribution in [3.63, 3.8) is 0 Å². The molecule has 56 valence electrons. The molecule has 3 N–H and O–H groups in total. The highest BCUT2D eigenvalue weighted by Gasteiger charge is 2.53. The molecule has 2 unspecified atom stereocenters. The SMILES string of the molecule is O=C1NC2CC1CC2(O)O. The van der Waals surface area contributed by atoms with Crippen molar-refractivity contribution in [3.05, 3.63) is 0 Å². The summed E-state index contributed by atoms with van der Waals surface area (Å²) in [4.78, 5) is 10.8. The van der Waals surface area contributed by atoms with E-state index in [2.05, 4.69) is 5.32 Å². The Labute approximate surface area is 57.9 Å². The van der Waals surface area contributed by atoms with Gasteiger partial charge in [-0.2, -0.15) is 0 Å². The highest BCUT2D eigenvalue weighted by Crippen LogP contribution is 2.37. The van der Waals surface area contributed by atoms with E-state index in [1.54, 1.807) is 0 Å². The zero-order chi connectivity index (χ0) is 7.35. The van der Waals surface area contributed by atoms with Crippen molar-refractivity contribution in [1.29, 1.82) is 0 Å². The van der Waals surface area contributed by atoms with Crippen molar-refractivity contribution in [2.75, 3.05) is 0 Å². The van der Waals surface area contributed by atoms with Gasteiger partial charge in [0.25, 0.3) is 0 Å². The molecule has 4 heteroatoms. The Kier molecular flexibility index (Phi) is 0.928. The topological polar surface area (TPSA) is 69.6 Å². The Morgan fingerprint density at radius 2 is 2.30 bits per heavy atom. The number of carbonyl (C=O) groups is 1. The van der Waals surface area contributed by atoms with Gasteiger partial charge in [-0.25, -0.2) is 0 Å². The van der Waals surface area contributed by atoms with Crippen LogP contribution in [0.1, 0.15) is 12.8 Å². The molecule has 0 aromatic carbocycles. The van der Waals surface area contributed by atoms with Gasteiger partial charge in [-0.3, -0.25) is 4.79 Å². The molecule has 2 aliphatic rings. The molecule has 1 amide bonds. The molecule has 1 heterocycles. The van der Waals surface area contributed by atoms with Crippen LogP contribution in [-0.4, -0.2) is 27.9 Å². The van der Waals surface area contributed by atoms with Gasteiger partial charge in [-0.05, 0) is 6.42 Å². The Hall–Kier alpha value is -0.610. The normalized spacial score (nSPS) is 42.0. The lowest BCUT2D eigenvalue weighted by molar-refractivity contribution is -0.182. The van der Waals surface area contributed by atoms with Gasteiger partial charge >= 0.3 is 0 Å². The monoisotopic (exact) mass is 143 g/mol. The number of nitrogens with one attached hydrogen (secondary N) is 1. The molecule has 1 aliphatic heterocycles. The number of fused-ring (bicyclic) bond motifs is 2. The number of piperidine rings is 1. The third kappa shape index (κ3) is 0.602. The van der Waals surface area contributed by atoms with E-state index in [9.17, 15) is 4.79 Å². The smallest absolute Gasteiger partial charge is 0.223 e. The maximum atomic E-state index is 10.8. The molecule has 10 heavy (non-hydrogen) atoms. The van der Waals surface area contributed by atoms with E-state index in [0.29, 0.717) is 6.42 Å². The second kappa shape index (κ2) is 1.52. The average Bonchev–Trinajstić information content (AvgIpc) is 2.21. The van der Waals surface area contributed by atoms with Crippen LogP contribution in [0.2, 0.25) is 0 Å². The first-order chi connectivity index (χ1) is 4.59. The number of rotatable bonds is 0. The fourth-order valence-electron chi connectivity index (χ4n) is 1.73. The Morgan fingerprint density at radius 1 is 1.60 bits per heavy atom. The van der Waals surface area contributed by atoms with Crippen LogP contribution >= 0.6 is 0 Å². The van der Waals surface area contributed by atoms with Crippen molar-refractivity contribution < 1.29 is 15.0 Å². The molecule has 2 fully saturated rings. The number of carbonyl (C=O) groups excluding carboxylic acids is 1. The van der Waals surface area contributed by atoms with Gasteiger partial charge in [-0.15, -0.1) is 0 Å². The first kappa shape index (κ1) is 6.12. The van der Waals surface area contributed by atoms with Gasteiger partial charge in [0, 0.05) is 12.3 Å². The van der Waals surface area contributed by atoms with Crippen LogP contribution in [0.3, 0.4) is 0 Å². The van der Waals surface area contributed by atoms with Gasteiger partial charge in [0.15, 0.2) is 5.79 Å². The van der Waals surface area contributed by atoms with Crippen LogP contribution in [0.5, 0.6) is 0 Å². The molecule has 0 spiro atoms. The number of amides is 1. The summed E-state index contributed by atoms with van der Waals surface area (Å²) in [5, 5.41) is 20.8. The van der Waals surface area contributed by atoms with Gasteiger partial charge < -0.3 is 15.5 Å². The van der Waals surface area contributed by atoms with E-state index in [4.69, 9.17) is 10.2 Å². The minimum absolute atomic E-state index is 0.0382. The standard InChI is InChI=1S/C6H9NO3/c8-5-3-1-4(7-5)6(9,10)2-3/h3-4,9-10H,1-2H2,(H,7,8). The highest BCUT2D eigenvalue weighted by molar-refractivity contribution is 5.82. The third-order valence-electron chi connectivity index (χ3n) is 2.31. The minimum Gasteiger partial charge on any atom is -0.364 e. The quantitative estimate of drug-likeness (QED) is 0.364. The summed E-state index contributed by atoms with van der Waals surface area (Å²) < 4.78 is 0. The zero-order valence-electron chi connectivity index (χ0n) is 5.37. The molecule has 4 nitrogen and oxygen atoms in total. The Bertz CT molecular complexity index is 189. The van der Waals surface area contributed by atoms with E-state index in [1.807, 2.05) is 0 Å². The van der Waals surface area contributed by atoms with E-state index in [0.717, 1.165) is 0 Å². The van der Waals surface area contributed by atoms with Gasteiger partial charge in [0.2, 0.25) is 5.91 Å². The highest BCUT2D eigenvalue weighted by atomic mass is 16.5. The molecular formula is C6H9NO3. The van der Waals surface area contributed by atoms with Gasteiger partial charge in [-0.1, -0.05) is 0 Å². The Balaban J connectivity index is 2.24. The summed E-state index contributed by atoms with van der Waals surface area (Å²) in [6.07, 6.45) is 0.773. The van der Waals surface area contributed by atoms with E-state index < -0.39 is 11.8 Å². The van der Waals surface area contributed by atoms with Crippen LogP contribution < -0.4 is 5.32 Å². The lowest BCUT2D eigenvalue weighted by Gasteiger charge is -2.26. The number of hydrogen-bond donors (Lipinski definition) is 3. The summed E-state index contributed by atoms with van der Waals surface area (Å²) >= 11 is 0. The van der Waals surface area contributed by atoms with E-state index >= 15 is 0 Å². The van der Waals surface area contributed by atoms with Crippen molar-refractivity contribution in [2.24, 2.45) is 5.92 Å². The molecule has 0 aromatic heterocycles. The van der Waals surface area contributed by atoms with E-state index in [-0.39, 0.29) is 18.2 Å². The van der Waals surface area contributed by atoms with Crippen molar-refractivity contribution in [2.45, 2.75) is 24.7 Å². The van der Waals surface area contributed by atoms with Crippen molar-refractivity contribution in [3.8, 4) is 0 Å². The predicted molar refractivity (Wildman–Crippen MR) is 31.8 cm³/mol. The van der Waals surface area contributed by atoms with E-state index in [1.165, 1.54) is 0 Å². The molecule has 1 saturated carbocycles. The van der Waals surface area contributed by atoms with Crippen LogP contribution in [0.4, 0.5) is 0 Å². The summed E-state index contributed by atoms with van der Waals surface area (Å²) in [5.74, 6) is -1.85. The number of aliphatic hydroxyl groups is 2. The molecule has 2 rings (SSSR count). The molecule has 0 aromatic rings. The second-order valence-electron chi connectivity index (χ2n) is 3.08. The fraction of sp³-hybridized carbons (Fsp3) is 0.833. The number of hydrogen-bond acceptors (Lipinski definition) is 3. The third-order valence-corrected chi connectivity index (χ3v) is 2.31. The lowest BCUT2D eigenvalue weighted by atomic mass is 10.1. The largest absolute Gasteiger partial charge is 0.364 e. The first-order valence-corrected chi connectivity index (χ1v) is 3.35. The Morgan fingerprint density at radius 3 is 2.60 bits per heavy atom. The maximum Gasteiger partial charge on any atom is 0.223 e. The molecule has 2 atom stereocenters. The van der Waals surface area contributed by atoms with Crippen molar-refractivity contribution >= 4 is 5.91 Å².